The van der Waals surface area contributed by atoms with Gasteiger partial charge in [0.05, 0.1) is 0 Å². The first kappa shape index (κ1) is 16.8. The van der Waals surface area contributed by atoms with Gasteiger partial charge in [-0.3, -0.25) is 9.59 Å². The van der Waals surface area contributed by atoms with E-state index in [2.05, 4.69) is 19.9 Å². The maximum atomic E-state index is 12.1. The molecule has 146 valence electrons. The third-order valence-electron chi connectivity index (χ3n) is 9.80. The summed E-state index contributed by atoms with van der Waals surface area (Å²) in [6.45, 7) is 4.95. The summed E-state index contributed by atoms with van der Waals surface area (Å²) in [5.41, 5.74) is 1.94. The molecule has 5 fully saturated rings. The highest BCUT2D eigenvalue weighted by molar-refractivity contribution is 5.92. The van der Waals surface area contributed by atoms with E-state index in [1.54, 1.807) is 0 Å². The predicted molar refractivity (Wildman–Crippen MR) is 102 cm³/mol. The van der Waals surface area contributed by atoms with E-state index in [9.17, 15) is 9.59 Å². The number of hydrogen-bond donors (Lipinski definition) is 0. The Hall–Kier alpha value is -1.12. The van der Waals surface area contributed by atoms with E-state index in [0.29, 0.717) is 18.1 Å². The number of fused-ring (bicyclic) bond motifs is 6. The Morgan fingerprint density at radius 1 is 1.04 bits per heavy atom. The minimum atomic E-state index is 0.0220. The van der Waals surface area contributed by atoms with Gasteiger partial charge in [0.1, 0.15) is 6.10 Å². The summed E-state index contributed by atoms with van der Waals surface area (Å²) in [5, 5.41) is 0. The standard InChI is InChI=1S/C24H32O3/c1-23-9-7-14(25)11-18(23)15-12-16(15)21-17(23)8-10-24(2,22(21)13-3-4-13)19-5-6-20(26)27-19/h11,13,15-17,19,21-22H,3-10,12H2,1-2H3/t15-,16+,17?,19?,21?,22?,23-,24-/m1/s1. The monoisotopic (exact) mass is 368 g/mol. The second kappa shape index (κ2) is 5.27. The highest BCUT2D eigenvalue weighted by atomic mass is 16.5. The van der Waals surface area contributed by atoms with Crippen molar-refractivity contribution in [3.63, 3.8) is 0 Å². The summed E-state index contributed by atoms with van der Waals surface area (Å²) in [5.74, 6) is 4.95. The number of ketones is 1. The van der Waals surface area contributed by atoms with Gasteiger partial charge < -0.3 is 4.74 Å². The molecular formula is C24H32O3. The Kier molecular flexibility index (Phi) is 3.28. The fraction of sp³-hybridized carbons (Fsp3) is 0.833. The van der Waals surface area contributed by atoms with Crippen molar-refractivity contribution >= 4 is 11.8 Å². The van der Waals surface area contributed by atoms with Crippen LogP contribution in [0.25, 0.3) is 0 Å². The SMILES string of the molecule is C[C@]1(C2CCC(=O)O2)CCC2C(C1C1CC1)[C@H]1C[C@H]1C1=CC(=O)CC[C@@]12C. The summed E-state index contributed by atoms with van der Waals surface area (Å²) in [6, 6.07) is 0. The van der Waals surface area contributed by atoms with Crippen molar-refractivity contribution in [1.29, 1.82) is 0 Å². The van der Waals surface area contributed by atoms with Crippen LogP contribution in [-0.2, 0) is 14.3 Å². The first-order valence-corrected chi connectivity index (χ1v) is 11.4. The lowest BCUT2D eigenvalue weighted by molar-refractivity contribution is -0.158. The molecule has 27 heavy (non-hydrogen) atoms. The normalized spacial score (nSPS) is 53.8. The van der Waals surface area contributed by atoms with Crippen LogP contribution < -0.4 is 0 Å². The van der Waals surface area contributed by atoms with Crippen LogP contribution in [-0.4, -0.2) is 17.9 Å². The average molecular weight is 369 g/mol. The molecule has 4 unspecified atom stereocenters. The number of carbonyl (C=O) groups excluding carboxylic acids is 2. The zero-order valence-electron chi connectivity index (χ0n) is 16.7. The van der Waals surface area contributed by atoms with Gasteiger partial charge in [0.25, 0.3) is 0 Å². The Labute approximate surface area is 162 Å². The summed E-state index contributed by atoms with van der Waals surface area (Å²) in [6.07, 6.45) is 12.1. The zero-order chi connectivity index (χ0) is 18.6. The van der Waals surface area contributed by atoms with Crippen molar-refractivity contribution in [2.24, 2.45) is 46.3 Å². The summed E-state index contributed by atoms with van der Waals surface area (Å²) in [7, 11) is 0. The zero-order valence-corrected chi connectivity index (χ0v) is 16.7. The smallest absolute Gasteiger partial charge is 0.306 e. The van der Waals surface area contributed by atoms with Gasteiger partial charge in [0.2, 0.25) is 0 Å². The maximum absolute atomic E-state index is 12.1. The Morgan fingerprint density at radius 3 is 2.56 bits per heavy atom. The molecule has 0 spiro atoms. The van der Waals surface area contributed by atoms with E-state index in [-0.39, 0.29) is 22.9 Å². The molecule has 6 aliphatic rings. The molecule has 1 aliphatic heterocycles. The molecule has 3 heteroatoms. The average Bonchev–Trinajstić information content (AvgIpc) is 3.54. The van der Waals surface area contributed by atoms with Crippen molar-refractivity contribution < 1.29 is 14.3 Å². The van der Waals surface area contributed by atoms with Gasteiger partial charge in [-0.1, -0.05) is 19.4 Å². The number of esters is 1. The second-order valence-corrected chi connectivity index (χ2v) is 11.1. The van der Waals surface area contributed by atoms with Crippen molar-refractivity contribution in [3.05, 3.63) is 11.6 Å². The number of ether oxygens (including phenoxy) is 1. The van der Waals surface area contributed by atoms with Gasteiger partial charge >= 0.3 is 5.97 Å². The molecule has 8 atom stereocenters. The third-order valence-corrected chi connectivity index (χ3v) is 9.80. The molecular weight excluding hydrogens is 336 g/mol. The highest BCUT2D eigenvalue weighted by Crippen LogP contribution is 2.74. The summed E-state index contributed by atoms with van der Waals surface area (Å²) < 4.78 is 5.89. The molecule has 1 saturated heterocycles. The highest BCUT2D eigenvalue weighted by Gasteiger charge is 2.68. The van der Waals surface area contributed by atoms with Crippen LogP contribution in [0.2, 0.25) is 0 Å². The first-order chi connectivity index (χ1) is 12.9. The Morgan fingerprint density at radius 2 is 1.85 bits per heavy atom. The molecule has 3 nitrogen and oxygen atoms in total. The largest absolute Gasteiger partial charge is 0.462 e. The lowest BCUT2D eigenvalue weighted by atomic mass is 9.45. The van der Waals surface area contributed by atoms with Crippen LogP contribution in [0.1, 0.15) is 71.6 Å². The van der Waals surface area contributed by atoms with Crippen LogP contribution in [0, 0.1) is 46.3 Å². The van der Waals surface area contributed by atoms with Gasteiger partial charge in [-0.2, -0.15) is 0 Å². The fourth-order valence-electron chi connectivity index (χ4n) is 8.36. The van der Waals surface area contributed by atoms with E-state index < -0.39 is 0 Å². The van der Waals surface area contributed by atoms with Crippen molar-refractivity contribution in [2.75, 3.05) is 0 Å². The predicted octanol–water partition coefficient (Wildman–Crippen LogP) is 4.70. The van der Waals surface area contributed by atoms with Crippen molar-refractivity contribution in [3.8, 4) is 0 Å². The molecule has 0 amide bonds. The maximum Gasteiger partial charge on any atom is 0.306 e. The van der Waals surface area contributed by atoms with Crippen LogP contribution >= 0.6 is 0 Å². The molecule has 6 rings (SSSR count). The topological polar surface area (TPSA) is 43.4 Å². The summed E-state index contributed by atoms with van der Waals surface area (Å²) >= 11 is 0. The number of carbonyl (C=O) groups is 2. The minimum Gasteiger partial charge on any atom is -0.462 e. The molecule has 0 aromatic rings. The molecule has 0 radical (unpaired) electrons. The quantitative estimate of drug-likeness (QED) is 0.664. The van der Waals surface area contributed by atoms with Gasteiger partial charge in [0.15, 0.2) is 5.78 Å². The third kappa shape index (κ3) is 2.20. The fourth-order valence-corrected chi connectivity index (χ4v) is 8.36. The molecule has 0 aromatic heterocycles. The molecule has 0 aromatic carbocycles. The Balaban J connectivity index is 1.40. The van der Waals surface area contributed by atoms with E-state index in [1.807, 2.05) is 0 Å². The molecule has 0 bridgehead atoms. The second-order valence-electron chi connectivity index (χ2n) is 11.1. The van der Waals surface area contributed by atoms with Crippen molar-refractivity contribution in [2.45, 2.75) is 77.7 Å². The Bertz CT molecular complexity index is 749. The first-order valence-electron chi connectivity index (χ1n) is 11.4. The van der Waals surface area contributed by atoms with Gasteiger partial charge in [-0.05, 0) is 91.9 Å². The van der Waals surface area contributed by atoms with Crippen LogP contribution in [0.5, 0.6) is 0 Å². The van der Waals surface area contributed by atoms with Gasteiger partial charge in [-0.15, -0.1) is 0 Å². The van der Waals surface area contributed by atoms with Crippen LogP contribution in [0.3, 0.4) is 0 Å². The van der Waals surface area contributed by atoms with E-state index in [4.69, 9.17) is 4.74 Å². The van der Waals surface area contributed by atoms with Crippen LogP contribution in [0.15, 0.2) is 11.6 Å². The number of allylic oxidation sites excluding steroid dienone is 2. The number of hydrogen-bond acceptors (Lipinski definition) is 3. The molecule has 5 aliphatic carbocycles. The summed E-state index contributed by atoms with van der Waals surface area (Å²) in [4.78, 5) is 24.0. The molecule has 1 heterocycles. The van der Waals surface area contributed by atoms with Crippen molar-refractivity contribution in [1.82, 2.24) is 0 Å². The van der Waals surface area contributed by atoms with E-state index >= 15 is 0 Å². The van der Waals surface area contributed by atoms with Gasteiger partial charge in [0, 0.05) is 18.3 Å². The van der Waals surface area contributed by atoms with Crippen LogP contribution in [0.4, 0.5) is 0 Å². The lowest BCUT2D eigenvalue weighted by Crippen LogP contribution is -2.55. The van der Waals surface area contributed by atoms with E-state index in [0.717, 1.165) is 48.9 Å². The lowest BCUT2D eigenvalue weighted by Gasteiger charge is -2.59. The number of cyclic esters (lactones) is 1. The minimum absolute atomic E-state index is 0.0220. The van der Waals surface area contributed by atoms with Gasteiger partial charge in [-0.25, -0.2) is 0 Å². The number of rotatable bonds is 2. The van der Waals surface area contributed by atoms with E-state index in [1.165, 1.54) is 37.7 Å². The molecule has 4 saturated carbocycles. The molecule has 0 N–H and O–H groups in total.